The highest BCUT2D eigenvalue weighted by molar-refractivity contribution is 5.54. The maximum atomic E-state index is 14.5. The SMILES string of the molecule is CC1(c2ccc(C#N)cc2F)Oc2cccc([C@@H]3[C@@H]4CNC[C@@H]43)c2O1. The summed E-state index contributed by atoms with van der Waals surface area (Å²) in [7, 11) is 0. The van der Waals surface area contributed by atoms with Gasteiger partial charge in [0.1, 0.15) is 5.82 Å². The molecule has 2 fully saturated rings. The van der Waals surface area contributed by atoms with Crippen molar-refractivity contribution in [3.05, 3.63) is 58.9 Å². The fourth-order valence-electron chi connectivity index (χ4n) is 4.35. The summed E-state index contributed by atoms with van der Waals surface area (Å²) in [5.41, 5.74) is 1.73. The van der Waals surface area contributed by atoms with Crippen LogP contribution in [0.25, 0.3) is 0 Å². The number of fused-ring (bicyclic) bond motifs is 2. The molecule has 2 aliphatic heterocycles. The minimum Gasteiger partial charge on any atom is -0.444 e. The molecule has 1 unspecified atom stereocenters. The lowest BCUT2D eigenvalue weighted by molar-refractivity contribution is -0.0710. The van der Waals surface area contributed by atoms with Gasteiger partial charge in [-0.25, -0.2) is 4.39 Å². The van der Waals surface area contributed by atoms with Gasteiger partial charge in [0.2, 0.25) is 0 Å². The summed E-state index contributed by atoms with van der Waals surface area (Å²) < 4.78 is 26.7. The van der Waals surface area contributed by atoms with Crippen LogP contribution in [-0.2, 0) is 5.79 Å². The van der Waals surface area contributed by atoms with E-state index in [1.807, 2.05) is 18.2 Å². The van der Waals surface area contributed by atoms with Crippen LogP contribution in [0.4, 0.5) is 4.39 Å². The maximum Gasteiger partial charge on any atom is 0.278 e. The first-order valence-corrected chi connectivity index (χ1v) is 8.52. The minimum absolute atomic E-state index is 0.277. The van der Waals surface area contributed by atoms with Crippen LogP contribution in [0.1, 0.15) is 29.5 Å². The molecule has 0 aromatic heterocycles. The Balaban J connectivity index is 1.51. The van der Waals surface area contributed by atoms with Crippen LogP contribution >= 0.6 is 0 Å². The molecule has 5 rings (SSSR count). The predicted molar refractivity (Wildman–Crippen MR) is 88.8 cm³/mol. The van der Waals surface area contributed by atoms with Crippen LogP contribution in [0.2, 0.25) is 0 Å². The van der Waals surface area contributed by atoms with E-state index in [2.05, 4.69) is 11.4 Å². The molecule has 1 saturated heterocycles. The van der Waals surface area contributed by atoms with E-state index in [0.29, 0.717) is 29.1 Å². The second kappa shape index (κ2) is 4.96. The zero-order valence-electron chi connectivity index (χ0n) is 13.8. The minimum atomic E-state index is -1.22. The number of halogens is 1. The average Bonchev–Trinajstić information content (AvgIpc) is 2.95. The van der Waals surface area contributed by atoms with E-state index in [1.165, 1.54) is 6.07 Å². The standard InChI is InChI=1S/C20H17FN2O2/c1-20(15-6-5-11(8-22)7-16(15)21)24-17-4-2-3-12(19(17)25-20)18-13-9-23-10-14(13)18/h2-7,13-14,18,23H,9-10H2,1H3/t13-,14+,18-,20?. The molecule has 4 nitrogen and oxygen atoms in total. The van der Waals surface area contributed by atoms with Gasteiger partial charge in [-0.2, -0.15) is 5.26 Å². The Morgan fingerprint density at radius 1 is 1.20 bits per heavy atom. The number of benzene rings is 2. The second-order valence-corrected chi connectivity index (χ2v) is 7.14. The topological polar surface area (TPSA) is 54.3 Å². The van der Waals surface area contributed by atoms with Crippen LogP contribution in [0, 0.1) is 29.0 Å². The van der Waals surface area contributed by atoms with Crippen molar-refractivity contribution in [1.82, 2.24) is 5.32 Å². The van der Waals surface area contributed by atoms with E-state index in [9.17, 15) is 4.39 Å². The third-order valence-electron chi connectivity index (χ3n) is 5.65. The van der Waals surface area contributed by atoms with Crippen LogP contribution in [0.15, 0.2) is 36.4 Å². The van der Waals surface area contributed by atoms with Crippen molar-refractivity contribution in [2.75, 3.05) is 13.1 Å². The van der Waals surface area contributed by atoms with Crippen LogP contribution < -0.4 is 14.8 Å². The zero-order chi connectivity index (χ0) is 17.2. The fourth-order valence-corrected chi connectivity index (χ4v) is 4.35. The summed E-state index contributed by atoms with van der Waals surface area (Å²) >= 11 is 0. The number of hydrogen-bond acceptors (Lipinski definition) is 4. The molecule has 5 heteroatoms. The highest BCUT2D eigenvalue weighted by Gasteiger charge is 2.55. The Bertz CT molecular complexity index is 912. The van der Waals surface area contributed by atoms with E-state index in [0.717, 1.165) is 24.4 Å². The van der Waals surface area contributed by atoms with Gasteiger partial charge in [0.15, 0.2) is 11.5 Å². The van der Waals surface area contributed by atoms with Gasteiger partial charge in [-0.15, -0.1) is 0 Å². The lowest BCUT2D eigenvalue weighted by Gasteiger charge is -2.24. The molecule has 1 N–H and O–H groups in total. The van der Waals surface area contributed by atoms with Crippen molar-refractivity contribution in [2.24, 2.45) is 11.8 Å². The first kappa shape index (κ1) is 14.7. The number of ether oxygens (including phenoxy) is 2. The van der Waals surface area contributed by atoms with Crippen molar-refractivity contribution in [2.45, 2.75) is 18.6 Å². The highest BCUT2D eigenvalue weighted by Crippen LogP contribution is 2.60. The van der Waals surface area contributed by atoms with Gasteiger partial charge >= 0.3 is 0 Å². The van der Waals surface area contributed by atoms with E-state index in [-0.39, 0.29) is 5.56 Å². The number of nitrogens with one attached hydrogen (secondary N) is 1. The van der Waals surface area contributed by atoms with Crippen molar-refractivity contribution < 1.29 is 13.9 Å². The predicted octanol–water partition coefficient (Wildman–Crippen LogP) is 3.27. The summed E-state index contributed by atoms with van der Waals surface area (Å²) in [5, 5.41) is 12.3. The molecule has 2 heterocycles. The molecule has 0 spiro atoms. The molecule has 2 aromatic carbocycles. The van der Waals surface area contributed by atoms with Crippen molar-refractivity contribution >= 4 is 0 Å². The Morgan fingerprint density at radius 3 is 2.72 bits per heavy atom. The third-order valence-corrected chi connectivity index (χ3v) is 5.65. The molecular formula is C20H17FN2O2. The molecule has 1 aliphatic carbocycles. The van der Waals surface area contributed by atoms with Gasteiger partial charge in [-0.05, 0) is 55.1 Å². The Morgan fingerprint density at radius 2 is 2.00 bits per heavy atom. The molecule has 126 valence electrons. The molecule has 0 radical (unpaired) electrons. The molecule has 4 atom stereocenters. The molecule has 0 amide bonds. The third kappa shape index (κ3) is 2.07. The number of para-hydroxylation sites is 1. The van der Waals surface area contributed by atoms with E-state index < -0.39 is 11.6 Å². The molecule has 25 heavy (non-hydrogen) atoms. The number of piperidine rings is 1. The van der Waals surface area contributed by atoms with Crippen molar-refractivity contribution in [1.29, 1.82) is 5.26 Å². The van der Waals surface area contributed by atoms with Gasteiger partial charge in [-0.3, -0.25) is 0 Å². The number of rotatable bonds is 2. The summed E-state index contributed by atoms with van der Waals surface area (Å²) in [6.45, 7) is 3.80. The van der Waals surface area contributed by atoms with Gasteiger partial charge in [0.25, 0.3) is 5.79 Å². The van der Waals surface area contributed by atoms with Gasteiger partial charge < -0.3 is 14.8 Å². The largest absolute Gasteiger partial charge is 0.444 e. The number of hydrogen-bond donors (Lipinski definition) is 1. The summed E-state index contributed by atoms with van der Waals surface area (Å²) in [5.74, 6) is 1.48. The average molecular weight is 336 g/mol. The van der Waals surface area contributed by atoms with Crippen LogP contribution in [-0.4, -0.2) is 13.1 Å². The zero-order valence-corrected chi connectivity index (χ0v) is 13.8. The van der Waals surface area contributed by atoms with Gasteiger partial charge in [-0.1, -0.05) is 12.1 Å². The summed E-state index contributed by atoms with van der Waals surface area (Å²) in [6.07, 6.45) is 0. The van der Waals surface area contributed by atoms with Crippen molar-refractivity contribution in [3.8, 4) is 17.6 Å². The monoisotopic (exact) mass is 336 g/mol. The Kier molecular flexibility index (Phi) is 2.93. The number of nitriles is 1. The van der Waals surface area contributed by atoms with Gasteiger partial charge in [0.05, 0.1) is 17.2 Å². The Hall–Kier alpha value is -2.58. The normalized spacial score (nSPS) is 31.5. The molecule has 3 aliphatic rings. The maximum absolute atomic E-state index is 14.5. The first-order valence-electron chi connectivity index (χ1n) is 8.52. The molecule has 2 aromatic rings. The quantitative estimate of drug-likeness (QED) is 0.914. The number of nitrogens with zero attached hydrogens (tertiary/aromatic N) is 1. The van der Waals surface area contributed by atoms with E-state index in [1.54, 1.807) is 19.1 Å². The first-order chi connectivity index (χ1) is 12.1. The van der Waals surface area contributed by atoms with Crippen LogP contribution in [0.3, 0.4) is 0 Å². The molecular weight excluding hydrogens is 319 g/mol. The van der Waals surface area contributed by atoms with E-state index in [4.69, 9.17) is 14.7 Å². The smallest absolute Gasteiger partial charge is 0.278 e. The lowest BCUT2D eigenvalue weighted by Crippen LogP contribution is -2.32. The summed E-state index contributed by atoms with van der Waals surface area (Å²) in [4.78, 5) is 0. The Labute approximate surface area is 145 Å². The van der Waals surface area contributed by atoms with Crippen molar-refractivity contribution in [3.63, 3.8) is 0 Å². The highest BCUT2D eigenvalue weighted by atomic mass is 19.1. The lowest BCUT2D eigenvalue weighted by atomic mass is 10.0. The summed E-state index contributed by atoms with van der Waals surface area (Å²) in [6, 6.07) is 12.2. The molecule has 1 saturated carbocycles. The van der Waals surface area contributed by atoms with Gasteiger partial charge in [0, 0.05) is 12.5 Å². The molecule has 0 bridgehead atoms. The van der Waals surface area contributed by atoms with E-state index >= 15 is 0 Å². The second-order valence-electron chi connectivity index (χ2n) is 7.14. The fraction of sp³-hybridized carbons (Fsp3) is 0.350. The van der Waals surface area contributed by atoms with Crippen LogP contribution in [0.5, 0.6) is 11.5 Å².